The molecule has 1 fully saturated rings. The van der Waals surface area contributed by atoms with Gasteiger partial charge in [0.2, 0.25) is 0 Å². The Balaban J connectivity index is 2.13. The number of rotatable bonds is 4. The molecule has 2 heterocycles. The molecule has 1 atom stereocenters. The van der Waals surface area contributed by atoms with Crippen LogP contribution in [-0.2, 0) is 11.2 Å². The Morgan fingerprint density at radius 2 is 2.44 bits per heavy atom. The molecule has 0 radical (unpaired) electrons. The fraction of sp³-hybridized carbons (Fsp3) is 0.571. The van der Waals surface area contributed by atoms with Crippen molar-refractivity contribution in [3.63, 3.8) is 0 Å². The van der Waals surface area contributed by atoms with Gasteiger partial charge in [-0.15, -0.1) is 0 Å². The predicted molar refractivity (Wildman–Crippen MR) is 72.8 cm³/mol. The molecule has 0 saturated carbocycles. The molecule has 0 aromatic carbocycles. The number of piperidine rings is 1. The van der Waals surface area contributed by atoms with Crippen LogP contribution in [0.15, 0.2) is 18.5 Å². The van der Waals surface area contributed by atoms with Gasteiger partial charge in [0.05, 0.1) is 5.02 Å². The Bertz CT molecular complexity index is 428. The van der Waals surface area contributed by atoms with Crippen LogP contribution >= 0.6 is 11.6 Å². The van der Waals surface area contributed by atoms with Crippen LogP contribution in [0.2, 0.25) is 5.02 Å². The fourth-order valence-electron chi connectivity index (χ4n) is 2.61. The first-order chi connectivity index (χ1) is 8.68. The molecule has 18 heavy (non-hydrogen) atoms. The molecular weight excluding hydrogens is 248 g/mol. The third-order valence-electron chi connectivity index (χ3n) is 3.95. The summed E-state index contributed by atoms with van der Waals surface area (Å²) in [5, 5.41) is 3.93. The third kappa shape index (κ3) is 2.73. The zero-order chi connectivity index (χ0) is 13.0. The topological polar surface area (TPSA) is 42.0 Å². The van der Waals surface area contributed by atoms with Gasteiger partial charge in [0.1, 0.15) is 5.78 Å². The lowest BCUT2D eigenvalue weighted by molar-refractivity contribution is -0.129. The number of halogens is 1. The van der Waals surface area contributed by atoms with E-state index in [1.54, 1.807) is 12.4 Å². The van der Waals surface area contributed by atoms with Crippen LogP contribution in [0.4, 0.5) is 0 Å². The zero-order valence-corrected chi connectivity index (χ0v) is 11.5. The van der Waals surface area contributed by atoms with Crippen LogP contribution in [0.1, 0.15) is 31.7 Å². The monoisotopic (exact) mass is 266 g/mol. The van der Waals surface area contributed by atoms with E-state index in [-0.39, 0.29) is 5.41 Å². The maximum Gasteiger partial charge on any atom is 0.144 e. The van der Waals surface area contributed by atoms with Crippen molar-refractivity contribution in [1.82, 2.24) is 10.3 Å². The van der Waals surface area contributed by atoms with E-state index in [0.29, 0.717) is 17.2 Å². The molecule has 1 N–H and O–H groups in total. The molecule has 1 unspecified atom stereocenters. The minimum atomic E-state index is -0.204. The number of pyridine rings is 1. The summed E-state index contributed by atoms with van der Waals surface area (Å²) in [5.41, 5.74) is 0.681. The van der Waals surface area contributed by atoms with Gasteiger partial charge >= 0.3 is 0 Å². The summed E-state index contributed by atoms with van der Waals surface area (Å²) in [6, 6.07) is 1.83. The summed E-state index contributed by atoms with van der Waals surface area (Å²) in [6.07, 6.45) is 6.65. The Morgan fingerprint density at radius 1 is 1.61 bits per heavy atom. The van der Waals surface area contributed by atoms with Gasteiger partial charge < -0.3 is 5.32 Å². The molecule has 1 aromatic rings. The Kier molecular flexibility index (Phi) is 4.36. The molecule has 0 aliphatic carbocycles. The van der Waals surface area contributed by atoms with Crippen LogP contribution in [0.3, 0.4) is 0 Å². The van der Waals surface area contributed by atoms with Gasteiger partial charge in [0.25, 0.3) is 0 Å². The summed E-state index contributed by atoms with van der Waals surface area (Å²) in [6.45, 7) is 3.91. The molecule has 1 aliphatic heterocycles. The van der Waals surface area contributed by atoms with Gasteiger partial charge in [-0.05, 0) is 37.4 Å². The van der Waals surface area contributed by atoms with Crippen LogP contribution in [-0.4, -0.2) is 23.9 Å². The highest BCUT2D eigenvalue weighted by molar-refractivity contribution is 6.31. The second kappa shape index (κ2) is 5.81. The number of carbonyl (C=O) groups excluding carboxylic acids is 1. The van der Waals surface area contributed by atoms with Crippen molar-refractivity contribution < 1.29 is 4.79 Å². The number of hydrogen-bond donors (Lipinski definition) is 1. The highest BCUT2D eigenvalue weighted by Gasteiger charge is 2.37. The summed E-state index contributed by atoms with van der Waals surface area (Å²) >= 11 is 6.07. The van der Waals surface area contributed by atoms with E-state index in [1.165, 1.54) is 0 Å². The SMILES string of the molecule is CCC1(C(=O)Cc2ccncc2Cl)CCCNC1. The van der Waals surface area contributed by atoms with Crippen molar-refractivity contribution in [3.8, 4) is 0 Å². The second-order valence-corrected chi connectivity index (χ2v) is 5.39. The smallest absolute Gasteiger partial charge is 0.144 e. The normalized spacial score (nSPS) is 23.9. The lowest BCUT2D eigenvalue weighted by atomic mass is 9.73. The van der Waals surface area contributed by atoms with Crippen LogP contribution < -0.4 is 5.32 Å². The molecule has 1 aromatic heterocycles. The number of aromatic nitrogens is 1. The number of ketones is 1. The van der Waals surface area contributed by atoms with E-state index < -0.39 is 0 Å². The number of nitrogens with zero attached hydrogens (tertiary/aromatic N) is 1. The Morgan fingerprint density at radius 3 is 3.06 bits per heavy atom. The van der Waals surface area contributed by atoms with Gasteiger partial charge in [-0.2, -0.15) is 0 Å². The first kappa shape index (κ1) is 13.5. The first-order valence-electron chi connectivity index (χ1n) is 6.50. The fourth-order valence-corrected chi connectivity index (χ4v) is 2.80. The standard InChI is InChI=1S/C14H19ClN2O/c1-2-14(5-3-6-17-10-14)13(18)8-11-4-7-16-9-12(11)15/h4,7,9,17H,2-3,5-6,8,10H2,1H3. The number of hydrogen-bond acceptors (Lipinski definition) is 3. The molecule has 98 valence electrons. The van der Waals surface area contributed by atoms with Crippen LogP contribution in [0, 0.1) is 5.41 Å². The molecule has 1 saturated heterocycles. The lowest BCUT2D eigenvalue weighted by Gasteiger charge is -2.35. The zero-order valence-electron chi connectivity index (χ0n) is 10.7. The minimum absolute atomic E-state index is 0.204. The first-order valence-corrected chi connectivity index (χ1v) is 6.88. The van der Waals surface area contributed by atoms with Crippen molar-refractivity contribution in [2.45, 2.75) is 32.6 Å². The number of nitrogens with one attached hydrogen (secondary N) is 1. The van der Waals surface area contributed by atoms with E-state index in [9.17, 15) is 4.79 Å². The highest BCUT2D eigenvalue weighted by atomic mass is 35.5. The molecule has 0 spiro atoms. The van der Waals surface area contributed by atoms with E-state index in [2.05, 4.69) is 17.2 Å². The molecule has 0 amide bonds. The van der Waals surface area contributed by atoms with Gasteiger partial charge in [-0.25, -0.2) is 0 Å². The predicted octanol–water partition coefficient (Wildman–Crippen LogP) is 2.63. The van der Waals surface area contributed by atoms with E-state index >= 15 is 0 Å². The molecule has 4 heteroatoms. The van der Waals surface area contributed by atoms with Crippen molar-refractivity contribution in [2.75, 3.05) is 13.1 Å². The molecule has 1 aliphatic rings. The number of carbonyl (C=O) groups is 1. The summed E-state index contributed by atoms with van der Waals surface area (Å²) in [5.74, 6) is 0.297. The van der Waals surface area contributed by atoms with E-state index in [4.69, 9.17) is 11.6 Å². The second-order valence-electron chi connectivity index (χ2n) is 4.98. The summed E-state index contributed by atoms with van der Waals surface area (Å²) in [7, 11) is 0. The van der Waals surface area contributed by atoms with Gasteiger partial charge in [-0.3, -0.25) is 9.78 Å². The van der Waals surface area contributed by atoms with Gasteiger partial charge in [0.15, 0.2) is 0 Å². The third-order valence-corrected chi connectivity index (χ3v) is 4.29. The number of Topliss-reactive ketones (excluding diaryl/α,β-unsaturated/α-hetero) is 1. The van der Waals surface area contributed by atoms with Crippen LogP contribution in [0.25, 0.3) is 0 Å². The van der Waals surface area contributed by atoms with Crippen molar-refractivity contribution in [3.05, 3.63) is 29.0 Å². The Labute approximate surface area is 113 Å². The quantitative estimate of drug-likeness (QED) is 0.911. The van der Waals surface area contributed by atoms with E-state index in [1.807, 2.05) is 6.07 Å². The van der Waals surface area contributed by atoms with Gasteiger partial charge in [0, 0.05) is 30.8 Å². The highest BCUT2D eigenvalue weighted by Crippen LogP contribution is 2.33. The lowest BCUT2D eigenvalue weighted by Crippen LogP contribution is -2.45. The van der Waals surface area contributed by atoms with Crippen molar-refractivity contribution >= 4 is 17.4 Å². The minimum Gasteiger partial charge on any atom is -0.316 e. The average molecular weight is 267 g/mol. The van der Waals surface area contributed by atoms with E-state index in [0.717, 1.165) is 37.9 Å². The molecule has 0 bridgehead atoms. The molecular formula is C14H19ClN2O. The molecule has 2 rings (SSSR count). The Hall–Kier alpha value is -0.930. The average Bonchev–Trinajstić information content (AvgIpc) is 2.42. The summed E-state index contributed by atoms with van der Waals surface area (Å²) in [4.78, 5) is 16.5. The maximum absolute atomic E-state index is 12.6. The maximum atomic E-state index is 12.6. The largest absolute Gasteiger partial charge is 0.316 e. The molecule has 3 nitrogen and oxygen atoms in total. The summed E-state index contributed by atoms with van der Waals surface area (Å²) < 4.78 is 0. The van der Waals surface area contributed by atoms with Gasteiger partial charge in [-0.1, -0.05) is 18.5 Å². The van der Waals surface area contributed by atoms with Crippen molar-refractivity contribution in [1.29, 1.82) is 0 Å². The van der Waals surface area contributed by atoms with Crippen molar-refractivity contribution in [2.24, 2.45) is 5.41 Å². The van der Waals surface area contributed by atoms with Crippen LogP contribution in [0.5, 0.6) is 0 Å².